The van der Waals surface area contributed by atoms with Crippen LogP contribution in [0.2, 0.25) is 0 Å². The first-order chi connectivity index (χ1) is 18.5. The van der Waals surface area contributed by atoms with Crippen LogP contribution in [0.15, 0.2) is 72.8 Å². The minimum absolute atomic E-state index is 0.121. The monoisotopic (exact) mass is 508 g/mol. The molecule has 0 saturated heterocycles. The number of amides is 2. The molecular formula is C30H25FN4O3. The predicted molar refractivity (Wildman–Crippen MR) is 143 cm³/mol. The number of carbonyl (C=O) groups excluding carboxylic acids is 2. The number of nitriles is 1. The summed E-state index contributed by atoms with van der Waals surface area (Å²) in [6, 6.07) is 20.9. The normalized spacial score (nSPS) is 13.9. The zero-order valence-corrected chi connectivity index (χ0v) is 20.7. The largest absolute Gasteiger partial charge is 0.496 e. The number of aromatic nitrogens is 1. The first-order valence-corrected chi connectivity index (χ1v) is 12.2. The van der Waals surface area contributed by atoms with Gasteiger partial charge >= 0.3 is 0 Å². The van der Waals surface area contributed by atoms with Crippen molar-refractivity contribution in [2.45, 2.75) is 12.5 Å². The number of para-hydroxylation sites is 1. The maximum atomic E-state index is 16.0. The van der Waals surface area contributed by atoms with Gasteiger partial charge in [0.2, 0.25) is 6.41 Å². The number of hydrogen-bond donors (Lipinski definition) is 2. The van der Waals surface area contributed by atoms with Crippen molar-refractivity contribution in [3.63, 3.8) is 0 Å². The summed E-state index contributed by atoms with van der Waals surface area (Å²) in [5.74, 6) is -0.455. The number of methoxy groups -OCH3 is 1. The number of nitrogens with one attached hydrogen (secondary N) is 2. The smallest absolute Gasteiger partial charge is 0.269 e. The Hall–Kier alpha value is -4.90. The highest BCUT2D eigenvalue weighted by molar-refractivity contribution is 6.05. The number of hydrogen-bond acceptors (Lipinski definition) is 4. The molecule has 8 heteroatoms. The highest BCUT2D eigenvalue weighted by Crippen LogP contribution is 2.40. The van der Waals surface area contributed by atoms with E-state index in [1.54, 1.807) is 48.4 Å². The van der Waals surface area contributed by atoms with Gasteiger partial charge in [-0.25, -0.2) is 4.39 Å². The Morgan fingerprint density at radius 3 is 2.63 bits per heavy atom. The molecule has 0 spiro atoms. The number of aromatic amines is 1. The molecule has 0 saturated carbocycles. The van der Waals surface area contributed by atoms with Gasteiger partial charge in [-0.05, 0) is 41.3 Å². The maximum Gasteiger partial charge on any atom is 0.269 e. The Kier molecular flexibility index (Phi) is 6.92. The lowest BCUT2D eigenvalue weighted by atomic mass is 9.93. The molecule has 5 rings (SSSR count). The van der Waals surface area contributed by atoms with Gasteiger partial charge in [-0.2, -0.15) is 5.26 Å². The second-order valence-electron chi connectivity index (χ2n) is 9.00. The Balaban J connectivity index is 1.64. The summed E-state index contributed by atoms with van der Waals surface area (Å²) in [5.41, 5.74) is 3.36. The van der Waals surface area contributed by atoms with Crippen LogP contribution in [0.5, 0.6) is 5.75 Å². The fraction of sp³-hybridized carbons (Fsp3) is 0.167. The molecule has 1 aliphatic heterocycles. The zero-order chi connectivity index (χ0) is 26.6. The highest BCUT2D eigenvalue weighted by Gasteiger charge is 2.24. The number of rotatable bonds is 7. The fourth-order valence-electron chi connectivity index (χ4n) is 4.80. The lowest BCUT2D eigenvalue weighted by Gasteiger charge is -2.24. The second kappa shape index (κ2) is 10.6. The van der Waals surface area contributed by atoms with Gasteiger partial charge in [0.25, 0.3) is 5.91 Å². The first-order valence-electron chi connectivity index (χ1n) is 12.2. The van der Waals surface area contributed by atoms with Gasteiger partial charge in [0.15, 0.2) is 5.82 Å². The van der Waals surface area contributed by atoms with E-state index in [9.17, 15) is 14.9 Å². The molecule has 1 unspecified atom stereocenters. The Morgan fingerprint density at radius 2 is 1.89 bits per heavy atom. The zero-order valence-electron chi connectivity index (χ0n) is 20.7. The summed E-state index contributed by atoms with van der Waals surface area (Å²) in [7, 11) is 1.56. The Morgan fingerprint density at radius 1 is 1.13 bits per heavy atom. The number of H-pyrrole nitrogens is 1. The van der Waals surface area contributed by atoms with Crippen molar-refractivity contribution in [3.8, 4) is 22.9 Å². The predicted octanol–water partition coefficient (Wildman–Crippen LogP) is 5.22. The van der Waals surface area contributed by atoms with Crippen molar-refractivity contribution in [3.05, 3.63) is 95.4 Å². The second-order valence-corrected chi connectivity index (χ2v) is 9.00. The molecule has 7 nitrogen and oxygen atoms in total. The number of carbonyl (C=O) groups is 2. The van der Waals surface area contributed by atoms with Crippen LogP contribution in [-0.4, -0.2) is 42.4 Å². The molecule has 0 fully saturated rings. The molecule has 0 aliphatic carbocycles. The van der Waals surface area contributed by atoms with Crippen LogP contribution in [0.4, 0.5) is 4.39 Å². The summed E-state index contributed by atoms with van der Waals surface area (Å²) in [4.78, 5) is 29.2. The van der Waals surface area contributed by atoms with Crippen molar-refractivity contribution < 1.29 is 18.7 Å². The number of benzene rings is 3. The van der Waals surface area contributed by atoms with E-state index in [2.05, 4.69) is 16.4 Å². The summed E-state index contributed by atoms with van der Waals surface area (Å²) >= 11 is 0. The molecule has 1 atom stereocenters. The molecule has 2 amide bonds. The number of halogens is 1. The van der Waals surface area contributed by atoms with E-state index in [1.165, 1.54) is 0 Å². The minimum Gasteiger partial charge on any atom is -0.496 e. The number of fused-ring (bicyclic) bond motifs is 1. The SMILES string of the molecule is COc1ccccc1-c1cc(C2=CCCN(C=O)C2)c(F)c2[nH]c(C(=O)NC(C#N)c3ccccc3)cc12. The molecule has 38 heavy (non-hydrogen) atoms. The summed E-state index contributed by atoms with van der Waals surface area (Å²) in [6.07, 6.45) is 3.31. The van der Waals surface area contributed by atoms with Gasteiger partial charge in [-0.3, -0.25) is 9.59 Å². The van der Waals surface area contributed by atoms with Gasteiger partial charge in [-0.15, -0.1) is 0 Å². The third-order valence-electron chi connectivity index (χ3n) is 6.71. The summed E-state index contributed by atoms with van der Waals surface area (Å²) in [6.45, 7) is 0.858. The lowest BCUT2D eigenvalue weighted by Crippen LogP contribution is -2.28. The number of ether oxygens (including phenoxy) is 1. The molecular weight excluding hydrogens is 483 g/mol. The third-order valence-corrected chi connectivity index (χ3v) is 6.71. The van der Waals surface area contributed by atoms with Crippen LogP contribution in [0.25, 0.3) is 27.6 Å². The van der Waals surface area contributed by atoms with Crippen LogP contribution < -0.4 is 10.1 Å². The quantitative estimate of drug-likeness (QED) is 0.334. The Bertz CT molecular complexity index is 1590. The van der Waals surface area contributed by atoms with Crippen LogP contribution >= 0.6 is 0 Å². The van der Waals surface area contributed by atoms with Crippen LogP contribution in [0.3, 0.4) is 0 Å². The van der Waals surface area contributed by atoms with Gasteiger partial charge in [0.05, 0.1) is 18.7 Å². The lowest BCUT2D eigenvalue weighted by molar-refractivity contribution is -0.117. The van der Waals surface area contributed by atoms with Gasteiger partial charge in [0, 0.05) is 29.6 Å². The topological polar surface area (TPSA) is 98.2 Å². The van der Waals surface area contributed by atoms with E-state index in [0.29, 0.717) is 46.4 Å². The molecule has 1 aromatic heterocycles. The molecule has 2 N–H and O–H groups in total. The van der Waals surface area contributed by atoms with E-state index in [1.807, 2.05) is 36.4 Å². The highest BCUT2D eigenvalue weighted by atomic mass is 19.1. The number of nitrogens with zero attached hydrogens (tertiary/aromatic N) is 2. The van der Waals surface area contributed by atoms with Crippen molar-refractivity contribution in [1.82, 2.24) is 15.2 Å². The third kappa shape index (κ3) is 4.62. The molecule has 0 radical (unpaired) electrons. The van der Waals surface area contributed by atoms with E-state index in [-0.39, 0.29) is 17.8 Å². The van der Waals surface area contributed by atoms with Crippen molar-refractivity contribution >= 4 is 28.8 Å². The molecule has 190 valence electrons. The van der Waals surface area contributed by atoms with Crippen LogP contribution in [0.1, 0.15) is 34.1 Å². The fourth-order valence-corrected chi connectivity index (χ4v) is 4.80. The van der Waals surface area contributed by atoms with E-state index in [0.717, 1.165) is 12.0 Å². The van der Waals surface area contributed by atoms with Gasteiger partial charge < -0.3 is 19.9 Å². The molecule has 0 bridgehead atoms. The van der Waals surface area contributed by atoms with E-state index < -0.39 is 17.8 Å². The van der Waals surface area contributed by atoms with Crippen molar-refractivity contribution in [2.24, 2.45) is 0 Å². The average Bonchev–Trinajstić information content (AvgIpc) is 3.43. The summed E-state index contributed by atoms with van der Waals surface area (Å²) < 4.78 is 21.6. The minimum atomic E-state index is -0.870. The maximum absolute atomic E-state index is 16.0. The van der Waals surface area contributed by atoms with E-state index >= 15 is 4.39 Å². The average molecular weight is 509 g/mol. The van der Waals surface area contributed by atoms with Gasteiger partial charge in [-0.1, -0.05) is 54.6 Å². The molecule has 1 aliphatic rings. The Labute approximate surface area is 219 Å². The van der Waals surface area contributed by atoms with Crippen molar-refractivity contribution in [1.29, 1.82) is 5.26 Å². The molecule has 2 heterocycles. The molecule has 4 aromatic rings. The standard InChI is InChI=1S/C30H25FN4O3/c1-38-27-12-6-5-11-21(27)23-14-22(20-10-7-13-35(17-20)18-36)28(31)29-24(23)15-25(33-29)30(37)34-26(16-32)19-8-3-2-4-9-19/h2-6,8-12,14-15,18,26,33H,7,13,17H2,1H3,(H,34,37). The summed E-state index contributed by atoms with van der Waals surface area (Å²) in [5, 5.41) is 12.9. The first kappa shape index (κ1) is 24.8. The van der Waals surface area contributed by atoms with E-state index in [4.69, 9.17) is 4.74 Å². The molecule has 3 aromatic carbocycles. The van der Waals surface area contributed by atoms with Crippen LogP contribution in [-0.2, 0) is 4.79 Å². The van der Waals surface area contributed by atoms with Crippen LogP contribution in [0, 0.1) is 17.1 Å². The van der Waals surface area contributed by atoms with Crippen molar-refractivity contribution in [2.75, 3.05) is 20.2 Å². The van der Waals surface area contributed by atoms with Gasteiger partial charge in [0.1, 0.15) is 17.5 Å².